The zero-order valence-corrected chi connectivity index (χ0v) is 15.6. The molecule has 0 aliphatic carbocycles. The topological polar surface area (TPSA) is 101 Å². The molecule has 2 aromatic carbocycles. The van der Waals surface area contributed by atoms with Crippen molar-refractivity contribution in [2.75, 3.05) is 26.2 Å². The van der Waals surface area contributed by atoms with Crippen molar-refractivity contribution >= 4 is 21.6 Å². The van der Waals surface area contributed by atoms with E-state index in [9.17, 15) is 23.3 Å². The Balaban J connectivity index is 1.74. The molecule has 1 fully saturated rings. The van der Waals surface area contributed by atoms with Crippen LogP contribution in [0.2, 0.25) is 0 Å². The molecule has 1 aliphatic heterocycles. The second-order valence-electron chi connectivity index (χ2n) is 6.29. The second kappa shape index (κ2) is 7.45. The number of nitro groups is 1. The van der Waals surface area contributed by atoms with Gasteiger partial charge in [-0.3, -0.25) is 14.9 Å². The van der Waals surface area contributed by atoms with Crippen molar-refractivity contribution in [3.63, 3.8) is 0 Å². The molecule has 0 atom stereocenters. The summed E-state index contributed by atoms with van der Waals surface area (Å²) in [7, 11) is -4.00. The molecule has 0 N–H and O–H groups in total. The molecule has 27 heavy (non-hydrogen) atoms. The summed E-state index contributed by atoms with van der Waals surface area (Å²) in [4.78, 5) is 24.3. The van der Waals surface area contributed by atoms with Gasteiger partial charge in [0, 0.05) is 37.8 Å². The summed E-state index contributed by atoms with van der Waals surface area (Å²) in [5, 5.41) is 11.1. The first-order chi connectivity index (χ1) is 12.8. The van der Waals surface area contributed by atoms with E-state index in [0.717, 1.165) is 5.56 Å². The largest absolute Gasteiger partial charge is 0.336 e. The maximum absolute atomic E-state index is 12.8. The van der Waals surface area contributed by atoms with E-state index in [-0.39, 0.29) is 37.0 Å². The number of rotatable bonds is 4. The van der Waals surface area contributed by atoms with Crippen LogP contribution in [0.4, 0.5) is 5.69 Å². The van der Waals surface area contributed by atoms with Crippen LogP contribution in [0.15, 0.2) is 53.4 Å². The molecule has 142 valence electrons. The zero-order chi connectivity index (χ0) is 19.6. The first-order valence-electron chi connectivity index (χ1n) is 8.40. The third kappa shape index (κ3) is 3.83. The third-order valence-corrected chi connectivity index (χ3v) is 6.45. The molecule has 2 aromatic rings. The highest BCUT2D eigenvalue weighted by Gasteiger charge is 2.34. The van der Waals surface area contributed by atoms with Crippen LogP contribution in [0.1, 0.15) is 15.9 Å². The molecule has 3 rings (SSSR count). The van der Waals surface area contributed by atoms with Gasteiger partial charge in [0.1, 0.15) is 0 Å². The number of hydrogen-bond donors (Lipinski definition) is 0. The molecule has 0 unspecified atom stereocenters. The van der Waals surface area contributed by atoms with E-state index in [4.69, 9.17) is 0 Å². The number of benzene rings is 2. The first kappa shape index (κ1) is 19.0. The van der Waals surface area contributed by atoms with E-state index < -0.39 is 20.6 Å². The average molecular weight is 389 g/mol. The van der Waals surface area contributed by atoms with Crippen molar-refractivity contribution in [1.82, 2.24) is 9.21 Å². The predicted octanol–water partition coefficient (Wildman–Crippen LogP) is 2.05. The van der Waals surface area contributed by atoms with Crippen LogP contribution in [0.5, 0.6) is 0 Å². The maximum atomic E-state index is 12.8. The fourth-order valence-corrected chi connectivity index (χ4v) is 4.56. The number of aryl methyl sites for hydroxylation is 1. The SMILES string of the molecule is Cc1ccc(C(=O)N2CCN(S(=O)(=O)c3ccccc3[N+](=O)[O-])CC2)cc1. The lowest BCUT2D eigenvalue weighted by molar-refractivity contribution is -0.387. The quantitative estimate of drug-likeness (QED) is 0.588. The normalized spacial score (nSPS) is 15.5. The van der Waals surface area contributed by atoms with Crippen molar-refractivity contribution in [2.45, 2.75) is 11.8 Å². The number of carbonyl (C=O) groups is 1. The summed E-state index contributed by atoms with van der Waals surface area (Å²) in [6.07, 6.45) is 0. The van der Waals surface area contributed by atoms with Gasteiger partial charge in [-0.2, -0.15) is 4.31 Å². The Morgan fingerprint density at radius 2 is 1.59 bits per heavy atom. The molecule has 8 nitrogen and oxygen atoms in total. The lowest BCUT2D eigenvalue weighted by Crippen LogP contribution is -2.50. The summed E-state index contributed by atoms with van der Waals surface area (Å²) in [5.74, 6) is -0.155. The number of para-hydroxylation sites is 1. The summed E-state index contributed by atoms with van der Waals surface area (Å²) < 4.78 is 26.8. The Bertz CT molecular complexity index is 965. The van der Waals surface area contributed by atoms with Crippen LogP contribution < -0.4 is 0 Å². The van der Waals surface area contributed by atoms with Gasteiger partial charge < -0.3 is 4.90 Å². The van der Waals surface area contributed by atoms with E-state index in [2.05, 4.69) is 0 Å². The minimum atomic E-state index is -4.00. The van der Waals surface area contributed by atoms with Crippen LogP contribution in [0.25, 0.3) is 0 Å². The van der Waals surface area contributed by atoms with E-state index in [1.807, 2.05) is 19.1 Å². The van der Waals surface area contributed by atoms with Crippen LogP contribution in [-0.2, 0) is 10.0 Å². The number of sulfonamides is 1. The molecule has 0 saturated carbocycles. The highest BCUT2D eigenvalue weighted by Crippen LogP contribution is 2.27. The smallest absolute Gasteiger partial charge is 0.289 e. The van der Waals surface area contributed by atoms with E-state index in [0.29, 0.717) is 5.56 Å². The standard InChI is InChI=1S/C18H19N3O5S/c1-14-6-8-15(9-7-14)18(22)19-10-12-20(13-11-19)27(25,26)17-5-3-2-4-16(17)21(23)24/h2-9H,10-13H2,1H3. The molecular formula is C18H19N3O5S. The fourth-order valence-electron chi connectivity index (χ4n) is 2.98. The summed E-state index contributed by atoms with van der Waals surface area (Å²) >= 11 is 0. The Hall–Kier alpha value is -2.78. The number of amides is 1. The summed E-state index contributed by atoms with van der Waals surface area (Å²) in [5.41, 5.74) is 1.15. The number of nitrogens with zero attached hydrogens (tertiary/aromatic N) is 3. The van der Waals surface area contributed by atoms with Gasteiger partial charge in [0.15, 0.2) is 4.90 Å². The van der Waals surface area contributed by atoms with Crippen molar-refractivity contribution in [1.29, 1.82) is 0 Å². The Morgan fingerprint density at radius 3 is 2.19 bits per heavy atom. The first-order valence-corrected chi connectivity index (χ1v) is 9.84. The lowest BCUT2D eigenvalue weighted by Gasteiger charge is -2.34. The predicted molar refractivity (Wildman–Crippen MR) is 98.9 cm³/mol. The number of hydrogen-bond acceptors (Lipinski definition) is 5. The number of piperazine rings is 1. The van der Waals surface area contributed by atoms with Gasteiger partial charge in [0.25, 0.3) is 11.6 Å². The summed E-state index contributed by atoms with van der Waals surface area (Å²) in [6.45, 7) is 2.57. The average Bonchev–Trinajstić information content (AvgIpc) is 2.68. The van der Waals surface area contributed by atoms with Gasteiger partial charge in [-0.25, -0.2) is 8.42 Å². The molecule has 0 bridgehead atoms. The molecule has 1 saturated heterocycles. The zero-order valence-electron chi connectivity index (χ0n) is 14.7. The van der Waals surface area contributed by atoms with Crippen molar-refractivity contribution in [3.05, 3.63) is 69.8 Å². The molecule has 1 aliphatic rings. The number of carbonyl (C=O) groups excluding carboxylic acids is 1. The molecule has 9 heteroatoms. The minimum Gasteiger partial charge on any atom is -0.336 e. The second-order valence-corrected chi connectivity index (χ2v) is 8.19. The molecule has 1 amide bonds. The van der Waals surface area contributed by atoms with Crippen LogP contribution in [0, 0.1) is 17.0 Å². The summed E-state index contributed by atoms with van der Waals surface area (Å²) in [6, 6.07) is 12.5. The Morgan fingerprint density at radius 1 is 1.00 bits per heavy atom. The van der Waals surface area contributed by atoms with Gasteiger partial charge >= 0.3 is 0 Å². The van der Waals surface area contributed by atoms with Crippen LogP contribution >= 0.6 is 0 Å². The highest BCUT2D eigenvalue weighted by molar-refractivity contribution is 7.89. The molecule has 0 spiro atoms. The van der Waals surface area contributed by atoms with Crippen molar-refractivity contribution in [2.24, 2.45) is 0 Å². The van der Waals surface area contributed by atoms with Gasteiger partial charge in [0.05, 0.1) is 4.92 Å². The van der Waals surface area contributed by atoms with E-state index in [1.54, 1.807) is 17.0 Å². The van der Waals surface area contributed by atoms with E-state index in [1.165, 1.54) is 28.6 Å². The van der Waals surface area contributed by atoms with Gasteiger partial charge in [-0.1, -0.05) is 29.8 Å². The third-order valence-electron chi connectivity index (χ3n) is 4.50. The maximum Gasteiger partial charge on any atom is 0.289 e. The Labute approximate surface area is 157 Å². The van der Waals surface area contributed by atoms with Crippen molar-refractivity contribution in [3.8, 4) is 0 Å². The van der Waals surface area contributed by atoms with Crippen molar-refractivity contribution < 1.29 is 18.1 Å². The molecule has 1 heterocycles. The Kier molecular flexibility index (Phi) is 5.24. The van der Waals surface area contributed by atoms with Crippen LogP contribution in [-0.4, -0.2) is 54.6 Å². The monoisotopic (exact) mass is 389 g/mol. The van der Waals surface area contributed by atoms with Gasteiger partial charge in [0.2, 0.25) is 10.0 Å². The minimum absolute atomic E-state index is 0.0893. The van der Waals surface area contributed by atoms with Gasteiger partial charge in [-0.15, -0.1) is 0 Å². The fraction of sp³-hybridized carbons (Fsp3) is 0.278. The highest BCUT2D eigenvalue weighted by atomic mass is 32.2. The van der Waals surface area contributed by atoms with Crippen LogP contribution in [0.3, 0.4) is 0 Å². The molecule has 0 aromatic heterocycles. The van der Waals surface area contributed by atoms with E-state index >= 15 is 0 Å². The number of nitro benzene ring substituents is 1. The van der Waals surface area contributed by atoms with Gasteiger partial charge in [-0.05, 0) is 25.1 Å². The molecular weight excluding hydrogens is 370 g/mol. The molecule has 0 radical (unpaired) electrons. The lowest BCUT2D eigenvalue weighted by atomic mass is 10.1.